The Morgan fingerprint density at radius 2 is 2.03 bits per heavy atom. The summed E-state index contributed by atoms with van der Waals surface area (Å²) >= 11 is 6.22. The van der Waals surface area contributed by atoms with Crippen molar-refractivity contribution in [3.63, 3.8) is 0 Å². The van der Waals surface area contributed by atoms with Crippen LogP contribution in [0.2, 0.25) is 5.02 Å². The van der Waals surface area contributed by atoms with E-state index in [1.54, 1.807) is 4.90 Å². The summed E-state index contributed by atoms with van der Waals surface area (Å²) in [7, 11) is 0. The second kappa shape index (κ2) is 13.3. The summed E-state index contributed by atoms with van der Waals surface area (Å²) in [4.78, 5) is 20.6. The molecule has 0 radical (unpaired) electrons. The Morgan fingerprint density at radius 3 is 2.68 bits per heavy atom. The first kappa shape index (κ1) is 26.0. The number of hydrogen-bond donors (Lipinski definition) is 2. The number of halogens is 2. The molecule has 10 heteroatoms. The highest BCUT2D eigenvalue weighted by Crippen LogP contribution is 2.25. The number of benzene rings is 1. The van der Waals surface area contributed by atoms with Crippen LogP contribution in [-0.4, -0.2) is 80.4 Å². The number of nitrogens with two attached hydrogens (primary N) is 1. The van der Waals surface area contributed by atoms with Crippen molar-refractivity contribution >= 4 is 47.6 Å². The number of amides is 1. The zero-order valence-corrected chi connectivity index (χ0v) is 21.1. The molecule has 0 spiro atoms. The summed E-state index contributed by atoms with van der Waals surface area (Å²) in [5.74, 6) is 0.435. The van der Waals surface area contributed by atoms with Gasteiger partial charge in [0.05, 0.1) is 32.4 Å². The van der Waals surface area contributed by atoms with E-state index < -0.39 is 0 Å². The highest BCUT2D eigenvalue weighted by molar-refractivity contribution is 14.0. The predicted octanol–water partition coefficient (Wildman–Crippen LogP) is 2.86. The van der Waals surface area contributed by atoms with Crippen LogP contribution in [0.1, 0.15) is 31.4 Å². The van der Waals surface area contributed by atoms with E-state index in [9.17, 15) is 4.79 Å². The van der Waals surface area contributed by atoms with Gasteiger partial charge in [-0.05, 0) is 37.5 Å². The van der Waals surface area contributed by atoms with Crippen LogP contribution in [0.4, 0.5) is 4.79 Å². The van der Waals surface area contributed by atoms with Gasteiger partial charge in [0.15, 0.2) is 5.96 Å². The number of likely N-dealkylation sites (tertiary alicyclic amines) is 1. The number of ether oxygens (including phenoxy) is 2. The number of piperidine rings is 1. The summed E-state index contributed by atoms with van der Waals surface area (Å²) in [5, 5.41) is 4.03. The molecular formula is C21H33ClIN5O3. The minimum atomic E-state index is -0.243. The first-order chi connectivity index (χ1) is 14.6. The van der Waals surface area contributed by atoms with Crippen LogP contribution in [0.15, 0.2) is 29.3 Å². The Labute approximate surface area is 206 Å². The molecule has 1 unspecified atom stereocenters. The van der Waals surface area contributed by atoms with Crippen molar-refractivity contribution in [2.24, 2.45) is 10.7 Å². The molecule has 0 aromatic heterocycles. The van der Waals surface area contributed by atoms with Gasteiger partial charge in [0.25, 0.3) is 0 Å². The van der Waals surface area contributed by atoms with E-state index in [1.165, 1.54) is 0 Å². The fraction of sp³-hybridized carbons (Fsp3) is 0.619. The number of carbonyl (C=O) groups is 1. The molecule has 3 N–H and O–H groups in total. The molecule has 1 amide bonds. The minimum Gasteiger partial charge on any atom is -0.450 e. The van der Waals surface area contributed by atoms with E-state index in [-0.39, 0.29) is 42.2 Å². The lowest BCUT2D eigenvalue weighted by Gasteiger charge is -2.34. The van der Waals surface area contributed by atoms with Crippen LogP contribution in [0, 0.1) is 0 Å². The first-order valence-electron chi connectivity index (χ1n) is 10.6. The maximum atomic E-state index is 11.8. The second-order valence-electron chi connectivity index (χ2n) is 7.55. The van der Waals surface area contributed by atoms with Crippen LogP contribution in [0.25, 0.3) is 0 Å². The number of morpholine rings is 1. The third-order valence-electron chi connectivity index (χ3n) is 5.53. The molecule has 0 bridgehead atoms. The van der Waals surface area contributed by atoms with E-state index in [0.29, 0.717) is 50.4 Å². The molecule has 8 nitrogen and oxygen atoms in total. The summed E-state index contributed by atoms with van der Waals surface area (Å²) in [6.07, 6.45) is 1.39. The van der Waals surface area contributed by atoms with Gasteiger partial charge in [0, 0.05) is 37.2 Å². The van der Waals surface area contributed by atoms with Crippen LogP contribution in [0.3, 0.4) is 0 Å². The zero-order chi connectivity index (χ0) is 21.3. The van der Waals surface area contributed by atoms with Gasteiger partial charge in [-0.1, -0.05) is 23.7 Å². The van der Waals surface area contributed by atoms with Crippen LogP contribution in [-0.2, 0) is 9.47 Å². The second-order valence-corrected chi connectivity index (χ2v) is 7.99. The Hall–Kier alpha value is -1.30. The average molecular weight is 566 g/mol. The number of rotatable bonds is 6. The molecule has 3 rings (SSSR count). The fourth-order valence-corrected chi connectivity index (χ4v) is 4.09. The Kier molecular flexibility index (Phi) is 11.1. The number of nitrogens with zero attached hydrogens (tertiary/aromatic N) is 3. The summed E-state index contributed by atoms with van der Waals surface area (Å²) in [6.45, 7) is 7.20. The number of nitrogens with one attached hydrogen (secondary N) is 1. The molecule has 174 valence electrons. The molecule has 1 aromatic carbocycles. The number of carbonyl (C=O) groups excluding carboxylic acids is 1. The predicted molar refractivity (Wildman–Crippen MR) is 133 cm³/mol. The van der Waals surface area contributed by atoms with Gasteiger partial charge in [-0.15, -0.1) is 24.0 Å². The summed E-state index contributed by atoms with van der Waals surface area (Å²) in [5.41, 5.74) is 7.33. The highest BCUT2D eigenvalue weighted by Gasteiger charge is 2.25. The van der Waals surface area contributed by atoms with Gasteiger partial charge in [-0.3, -0.25) is 9.89 Å². The van der Waals surface area contributed by atoms with Crippen molar-refractivity contribution < 1.29 is 14.3 Å². The Bertz CT molecular complexity index is 725. The van der Waals surface area contributed by atoms with E-state index >= 15 is 0 Å². The molecule has 2 fully saturated rings. The molecule has 31 heavy (non-hydrogen) atoms. The van der Waals surface area contributed by atoms with E-state index in [4.69, 9.17) is 26.8 Å². The molecule has 2 aliphatic heterocycles. The molecule has 2 aliphatic rings. The molecule has 1 atom stereocenters. The standard InChI is InChI=1S/C21H32ClN5O3.HI/c1-2-30-21(28)27-8-6-18(7-9-27)25-20(23)24-15-19(26-10-12-29-13-11-26)16-4-3-5-17(22)14-16;/h3-5,14,18-19H,2,6-13,15H2,1H3,(H3,23,24,25);1H. The lowest BCUT2D eigenvalue weighted by atomic mass is 10.0. The topological polar surface area (TPSA) is 92.4 Å². The zero-order valence-electron chi connectivity index (χ0n) is 18.0. The number of guanidine groups is 1. The Balaban J connectivity index is 0.00000341. The number of hydrogen-bond acceptors (Lipinski definition) is 5. The third-order valence-corrected chi connectivity index (χ3v) is 5.76. The molecule has 2 saturated heterocycles. The van der Waals surface area contributed by atoms with Gasteiger partial charge in [0.2, 0.25) is 0 Å². The van der Waals surface area contributed by atoms with Crippen molar-refractivity contribution in [3.05, 3.63) is 34.9 Å². The van der Waals surface area contributed by atoms with Gasteiger partial charge < -0.3 is 25.4 Å². The van der Waals surface area contributed by atoms with E-state index in [1.807, 2.05) is 25.1 Å². The monoisotopic (exact) mass is 565 g/mol. The Morgan fingerprint density at radius 1 is 1.32 bits per heavy atom. The summed E-state index contributed by atoms with van der Waals surface area (Å²) in [6, 6.07) is 8.21. The van der Waals surface area contributed by atoms with Crippen molar-refractivity contribution in [1.82, 2.24) is 15.1 Å². The third kappa shape index (κ3) is 7.96. The largest absolute Gasteiger partial charge is 0.450 e. The van der Waals surface area contributed by atoms with Crippen molar-refractivity contribution in [3.8, 4) is 0 Å². The molecule has 2 heterocycles. The van der Waals surface area contributed by atoms with Gasteiger partial charge >= 0.3 is 6.09 Å². The maximum absolute atomic E-state index is 11.8. The van der Waals surface area contributed by atoms with Gasteiger partial charge in [0.1, 0.15) is 0 Å². The average Bonchev–Trinajstić information content (AvgIpc) is 2.75. The fourth-order valence-electron chi connectivity index (χ4n) is 3.90. The van der Waals surface area contributed by atoms with Crippen molar-refractivity contribution in [2.75, 3.05) is 52.5 Å². The molecule has 0 saturated carbocycles. The molecule has 0 aliphatic carbocycles. The quantitative estimate of drug-likeness (QED) is 0.313. The number of aliphatic imine (C=N–C) groups is 1. The van der Waals surface area contributed by atoms with E-state index in [2.05, 4.69) is 21.3 Å². The highest BCUT2D eigenvalue weighted by atomic mass is 127. The van der Waals surface area contributed by atoms with Crippen LogP contribution in [0.5, 0.6) is 0 Å². The summed E-state index contributed by atoms with van der Waals surface area (Å²) < 4.78 is 10.6. The SMILES string of the molecule is CCOC(=O)N1CCC(NC(N)=NCC(c2cccc(Cl)c2)N2CCOCC2)CC1.I. The van der Waals surface area contributed by atoms with Crippen LogP contribution >= 0.6 is 35.6 Å². The lowest BCUT2D eigenvalue weighted by molar-refractivity contribution is 0.0180. The van der Waals surface area contributed by atoms with Crippen molar-refractivity contribution in [2.45, 2.75) is 31.8 Å². The lowest BCUT2D eigenvalue weighted by Crippen LogP contribution is -2.48. The van der Waals surface area contributed by atoms with Crippen molar-refractivity contribution in [1.29, 1.82) is 0 Å². The van der Waals surface area contributed by atoms with Crippen LogP contribution < -0.4 is 11.1 Å². The molecule has 1 aromatic rings. The van der Waals surface area contributed by atoms with E-state index in [0.717, 1.165) is 31.5 Å². The van der Waals surface area contributed by atoms with Gasteiger partial charge in [-0.2, -0.15) is 0 Å². The molecular weight excluding hydrogens is 533 g/mol. The minimum absolute atomic E-state index is 0. The first-order valence-corrected chi connectivity index (χ1v) is 11.0. The normalized spacial score (nSPS) is 19.4. The maximum Gasteiger partial charge on any atom is 0.409 e. The smallest absolute Gasteiger partial charge is 0.409 e. The van der Waals surface area contributed by atoms with Gasteiger partial charge in [-0.25, -0.2) is 4.79 Å².